The monoisotopic (exact) mass is 356 g/mol. The summed E-state index contributed by atoms with van der Waals surface area (Å²) >= 11 is 0. The topological polar surface area (TPSA) is 67.8 Å². The zero-order valence-electron chi connectivity index (χ0n) is 15.6. The van der Waals surface area contributed by atoms with Gasteiger partial charge in [-0.2, -0.15) is 0 Å². The van der Waals surface area contributed by atoms with Crippen LogP contribution in [0.3, 0.4) is 0 Å². The number of ether oxygens (including phenoxy) is 2. The number of nitrogens with zero attached hydrogens (tertiary/aromatic N) is 2. The van der Waals surface area contributed by atoms with Gasteiger partial charge in [-0.1, -0.05) is 31.2 Å². The van der Waals surface area contributed by atoms with Gasteiger partial charge in [0.2, 0.25) is 5.88 Å². The fourth-order valence-electron chi connectivity index (χ4n) is 2.27. The number of pyridine rings is 1. The highest BCUT2D eigenvalue weighted by Crippen LogP contribution is 2.14. The van der Waals surface area contributed by atoms with Gasteiger partial charge in [-0.25, -0.2) is 4.98 Å². The van der Waals surface area contributed by atoms with Crippen molar-refractivity contribution in [2.45, 2.75) is 26.3 Å². The molecule has 6 nitrogen and oxygen atoms in total. The maximum atomic E-state index is 5.68. The van der Waals surface area contributed by atoms with E-state index < -0.39 is 0 Å². The SMILES string of the molecule is CCCOc1ncccc1CNC(=NC)NCCCOc1ccccc1. The average molecular weight is 356 g/mol. The Morgan fingerprint density at radius 2 is 1.88 bits per heavy atom. The Hall–Kier alpha value is -2.76. The molecule has 2 N–H and O–H groups in total. The molecule has 0 radical (unpaired) electrons. The summed E-state index contributed by atoms with van der Waals surface area (Å²) in [6.07, 6.45) is 3.58. The maximum absolute atomic E-state index is 5.68. The average Bonchev–Trinajstić information content (AvgIpc) is 2.70. The van der Waals surface area contributed by atoms with Crippen LogP contribution >= 0.6 is 0 Å². The molecular formula is C20H28N4O2. The molecule has 6 heteroatoms. The van der Waals surface area contributed by atoms with Crippen molar-refractivity contribution < 1.29 is 9.47 Å². The van der Waals surface area contributed by atoms with E-state index in [1.165, 1.54) is 0 Å². The number of benzene rings is 1. The molecule has 0 aliphatic rings. The van der Waals surface area contributed by atoms with Crippen molar-refractivity contribution in [2.75, 3.05) is 26.8 Å². The molecule has 0 saturated carbocycles. The maximum Gasteiger partial charge on any atom is 0.218 e. The highest BCUT2D eigenvalue weighted by Gasteiger charge is 2.05. The number of aliphatic imine (C=N–C) groups is 1. The van der Waals surface area contributed by atoms with Crippen molar-refractivity contribution >= 4 is 5.96 Å². The molecule has 0 spiro atoms. The Labute approximate surface area is 155 Å². The van der Waals surface area contributed by atoms with E-state index in [4.69, 9.17) is 9.47 Å². The lowest BCUT2D eigenvalue weighted by Crippen LogP contribution is -2.37. The third-order valence-electron chi connectivity index (χ3n) is 3.59. The van der Waals surface area contributed by atoms with E-state index in [0.717, 1.165) is 36.7 Å². The van der Waals surface area contributed by atoms with Crippen LogP contribution in [0.15, 0.2) is 53.7 Å². The molecule has 1 aromatic carbocycles. The Bertz CT molecular complexity index is 662. The number of para-hydroxylation sites is 1. The molecule has 0 fully saturated rings. The van der Waals surface area contributed by atoms with E-state index in [1.807, 2.05) is 42.5 Å². The van der Waals surface area contributed by atoms with Crippen LogP contribution in [0.1, 0.15) is 25.3 Å². The van der Waals surface area contributed by atoms with E-state index in [-0.39, 0.29) is 0 Å². The second-order valence-electron chi connectivity index (χ2n) is 5.68. The molecule has 0 unspecified atom stereocenters. The summed E-state index contributed by atoms with van der Waals surface area (Å²) in [4.78, 5) is 8.54. The molecule has 0 aliphatic heterocycles. The van der Waals surface area contributed by atoms with Crippen molar-refractivity contribution in [3.05, 3.63) is 54.2 Å². The number of guanidine groups is 1. The van der Waals surface area contributed by atoms with Crippen LogP contribution in [0.4, 0.5) is 0 Å². The molecule has 2 aromatic rings. The van der Waals surface area contributed by atoms with Crippen LogP contribution in [0.5, 0.6) is 11.6 Å². The molecule has 0 atom stereocenters. The first kappa shape index (κ1) is 19.6. The Balaban J connectivity index is 1.69. The number of aromatic nitrogens is 1. The van der Waals surface area contributed by atoms with Crippen molar-refractivity contribution in [2.24, 2.45) is 4.99 Å². The van der Waals surface area contributed by atoms with E-state index >= 15 is 0 Å². The van der Waals surface area contributed by atoms with Crippen molar-refractivity contribution in [1.29, 1.82) is 0 Å². The fraction of sp³-hybridized carbons (Fsp3) is 0.400. The first-order valence-electron chi connectivity index (χ1n) is 9.02. The molecular weight excluding hydrogens is 328 g/mol. The summed E-state index contributed by atoms with van der Waals surface area (Å²) in [7, 11) is 1.76. The van der Waals surface area contributed by atoms with Crippen LogP contribution < -0.4 is 20.1 Å². The van der Waals surface area contributed by atoms with Gasteiger partial charge in [0.25, 0.3) is 0 Å². The van der Waals surface area contributed by atoms with Crippen LogP contribution in [-0.2, 0) is 6.54 Å². The summed E-state index contributed by atoms with van der Waals surface area (Å²) in [5.74, 6) is 2.31. The highest BCUT2D eigenvalue weighted by molar-refractivity contribution is 5.79. The second-order valence-corrected chi connectivity index (χ2v) is 5.68. The standard InChI is InChI=1S/C20H28N4O2/c1-3-14-26-19-17(9-7-12-22-19)16-24-20(21-2)23-13-8-15-25-18-10-5-4-6-11-18/h4-7,9-12H,3,8,13-16H2,1-2H3,(H2,21,23,24). The smallest absolute Gasteiger partial charge is 0.218 e. The molecule has 26 heavy (non-hydrogen) atoms. The van der Waals surface area contributed by atoms with Gasteiger partial charge in [-0.05, 0) is 31.0 Å². The largest absolute Gasteiger partial charge is 0.494 e. The number of hydrogen-bond acceptors (Lipinski definition) is 4. The minimum absolute atomic E-state index is 0.604. The molecule has 0 aliphatic carbocycles. The van der Waals surface area contributed by atoms with Gasteiger partial charge in [0.05, 0.1) is 13.2 Å². The van der Waals surface area contributed by atoms with Gasteiger partial charge in [0, 0.05) is 31.9 Å². The molecule has 0 bridgehead atoms. The van der Waals surface area contributed by atoms with Crippen molar-refractivity contribution in [3.63, 3.8) is 0 Å². The number of rotatable bonds is 10. The molecule has 2 rings (SSSR count). The van der Waals surface area contributed by atoms with Gasteiger partial charge in [0.15, 0.2) is 5.96 Å². The summed E-state index contributed by atoms with van der Waals surface area (Å²) < 4.78 is 11.4. The summed E-state index contributed by atoms with van der Waals surface area (Å²) in [5, 5.41) is 6.58. The Morgan fingerprint density at radius 1 is 1.04 bits per heavy atom. The highest BCUT2D eigenvalue weighted by atomic mass is 16.5. The predicted octanol–water partition coefficient (Wildman–Crippen LogP) is 3.00. The van der Waals surface area contributed by atoms with Gasteiger partial charge in [0.1, 0.15) is 5.75 Å². The van der Waals surface area contributed by atoms with E-state index in [0.29, 0.717) is 25.6 Å². The third kappa shape index (κ3) is 7.01. The van der Waals surface area contributed by atoms with E-state index in [2.05, 4.69) is 27.5 Å². The Kier molecular flexibility index (Phi) is 8.83. The van der Waals surface area contributed by atoms with E-state index in [1.54, 1.807) is 13.2 Å². The molecule has 0 amide bonds. The zero-order valence-corrected chi connectivity index (χ0v) is 15.6. The van der Waals surface area contributed by atoms with Gasteiger partial charge in [-0.3, -0.25) is 4.99 Å². The fourth-order valence-corrected chi connectivity index (χ4v) is 2.27. The molecule has 1 aromatic heterocycles. The van der Waals surface area contributed by atoms with Crippen LogP contribution in [0.25, 0.3) is 0 Å². The van der Waals surface area contributed by atoms with Gasteiger partial charge < -0.3 is 20.1 Å². The molecule has 0 saturated heterocycles. The lowest BCUT2D eigenvalue weighted by molar-refractivity contribution is 0.301. The minimum Gasteiger partial charge on any atom is -0.494 e. The number of hydrogen-bond donors (Lipinski definition) is 2. The van der Waals surface area contributed by atoms with Crippen molar-refractivity contribution in [1.82, 2.24) is 15.6 Å². The molecule has 140 valence electrons. The summed E-state index contributed by atoms with van der Waals surface area (Å²) in [5.41, 5.74) is 1.01. The normalized spacial score (nSPS) is 11.1. The first-order valence-corrected chi connectivity index (χ1v) is 9.02. The summed E-state index contributed by atoms with van der Waals surface area (Å²) in [6, 6.07) is 13.7. The lowest BCUT2D eigenvalue weighted by Gasteiger charge is -2.14. The third-order valence-corrected chi connectivity index (χ3v) is 3.59. The lowest BCUT2D eigenvalue weighted by atomic mass is 10.2. The number of nitrogens with one attached hydrogen (secondary N) is 2. The van der Waals surface area contributed by atoms with Gasteiger partial charge >= 0.3 is 0 Å². The van der Waals surface area contributed by atoms with Crippen LogP contribution in [0, 0.1) is 0 Å². The second kappa shape index (κ2) is 11.7. The minimum atomic E-state index is 0.604. The Morgan fingerprint density at radius 3 is 2.65 bits per heavy atom. The van der Waals surface area contributed by atoms with Gasteiger partial charge in [-0.15, -0.1) is 0 Å². The van der Waals surface area contributed by atoms with Crippen LogP contribution in [0.2, 0.25) is 0 Å². The molecule has 1 heterocycles. The summed E-state index contributed by atoms with van der Waals surface area (Å²) in [6.45, 7) is 4.78. The zero-order chi connectivity index (χ0) is 18.5. The first-order chi connectivity index (χ1) is 12.8. The predicted molar refractivity (Wildman–Crippen MR) is 105 cm³/mol. The van der Waals surface area contributed by atoms with Crippen molar-refractivity contribution in [3.8, 4) is 11.6 Å². The van der Waals surface area contributed by atoms with E-state index in [9.17, 15) is 0 Å². The van der Waals surface area contributed by atoms with Crippen LogP contribution in [-0.4, -0.2) is 37.7 Å². The quantitative estimate of drug-likeness (QED) is 0.389.